The van der Waals surface area contributed by atoms with Gasteiger partial charge in [0.2, 0.25) is 0 Å². The van der Waals surface area contributed by atoms with Crippen molar-refractivity contribution in [3.63, 3.8) is 0 Å². The van der Waals surface area contributed by atoms with Crippen LogP contribution >= 0.6 is 22.6 Å². The monoisotopic (exact) mass is 461 g/mol. The highest BCUT2D eigenvalue weighted by atomic mass is 127. The zero-order chi connectivity index (χ0) is 18.5. The Bertz CT molecular complexity index is 997. The number of furan rings is 1. The van der Waals surface area contributed by atoms with E-state index in [4.69, 9.17) is 4.42 Å². The number of hydrogen-bond donors (Lipinski definition) is 1. The second kappa shape index (κ2) is 7.91. The molecular weight excluding hydrogens is 449 g/mol. The highest BCUT2D eigenvalue weighted by Crippen LogP contribution is 2.30. The fraction of sp³-hybridized carbons (Fsp3) is 0. The molecule has 0 atom stereocenters. The van der Waals surface area contributed by atoms with E-state index < -0.39 is 4.92 Å². The van der Waals surface area contributed by atoms with Gasteiger partial charge in [-0.15, -0.1) is 0 Å². The number of hydrogen-bond acceptors (Lipinski definition) is 5. The highest BCUT2D eigenvalue weighted by Gasteiger charge is 2.16. The first-order valence-corrected chi connectivity index (χ1v) is 8.55. The van der Waals surface area contributed by atoms with E-state index in [1.54, 1.807) is 48.5 Å². The summed E-state index contributed by atoms with van der Waals surface area (Å²) in [5.74, 6) is 0.369. The quantitative estimate of drug-likeness (QED) is 0.266. The van der Waals surface area contributed by atoms with Gasteiger partial charge in [-0.1, -0.05) is 18.2 Å². The zero-order valence-electron chi connectivity index (χ0n) is 13.3. The highest BCUT2D eigenvalue weighted by molar-refractivity contribution is 14.1. The maximum Gasteiger partial charge on any atom is 0.280 e. The number of nitrogens with zero attached hydrogens (tertiary/aromatic N) is 2. The molecule has 7 nitrogen and oxygen atoms in total. The van der Waals surface area contributed by atoms with Crippen LogP contribution in [0.2, 0.25) is 0 Å². The van der Waals surface area contributed by atoms with Gasteiger partial charge < -0.3 is 4.42 Å². The third kappa shape index (κ3) is 4.14. The lowest BCUT2D eigenvalue weighted by molar-refractivity contribution is -0.384. The number of benzene rings is 2. The molecule has 0 aliphatic carbocycles. The number of hydrazone groups is 1. The lowest BCUT2D eigenvalue weighted by atomic mass is 10.1. The predicted octanol–water partition coefficient (Wildman–Crippen LogP) is 4.22. The number of nitro groups is 1. The van der Waals surface area contributed by atoms with Crippen molar-refractivity contribution >= 4 is 40.4 Å². The van der Waals surface area contributed by atoms with Gasteiger partial charge in [-0.05, 0) is 59.0 Å². The minimum atomic E-state index is -0.465. The third-order valence-corrected chi connectivity index (χ3v) is 4.11. The van der Waals surface area contributed by atoms with Crippen molar-refractivity contribution in [2.24, 2.45) is 5.10 Å². The average Bonchev–Trinajstić information content (AvgIpc) is 3.10. The number of carbonyl (C=O) groups is 1. The van der Waals surface area contributed by atoms with Crippen molar-refractivity contribution in [3.8, 4) is 11.3 Å². The number of carbonyl (C=O) groups excluding carboxylic acids is 1. The maximum atomic E-state index is 12.0. The van der Waals surface area contributed by atoms with E-state index in [1.807, 2.05) is 6.07 Å². The number of nitro benzene ring substituents is 1. The molecule has 0 fully saturated rings. The summed E-state index contributed by atoms with van der Waals surface area (Å²) in [4.78, 5) is 22.6. The first-order valence-electron chi connectivity index (χ1n) is 7.47. The van der Waals surface area contributed by atoms with Gasteiger partial charge in [0.1, 0.15) is 11.5 Å². The fourth-order valence-corrected chi connectivity index (χ4v) is 2.80. The van der Waals surface area contributed by atoms with E-state index >= 15 is 0 Å². The van der Waals surface area contributed by atoms with E-state index in [0.717, 1.165) is 3.57 Å². The molecule has 2 aromatic carbocycles. The minimum Gasteiger partial charge on any atom is -0.455 e. The molecule has 3 rings (SSSR count). The van der Waals surface area contributed by atoms with Crippen LogP contribution in [0.1, 0.15) is 16.1 Å². The van der Waals surface area contributed by atoms with Crippen LogP contribution in [0.25, 0.3) is 11.3 Å². The van der Waals surface area contributed by atoms with Crippen LogP contribution in [-0.4, -0.2) is 17.0 Å². The van der Waals surface area contributed by atoms with Crippen molar-refractivity contribution in [1.82, 2.24) is 5.43 Å². The standard InChI is InChI=1S/C18H12IN3O4/c19-13-5-3-4-12(10-13)18(23)21-20-11-14-8-9-17(26-14)15-6-1-2-7-16(15)22(24)25/h1-11H,(H,21,23). The molecule has 1 heterocycles. The summed E-state index contributed by atoms with van der Waals surface area (Å²) in [6, 6.07) is 16.6. The number of amides is 1. The van der Waals surface area contributed by atoms with Crippen LogP contribution in [0.3, 0.4) is 0 Å². The Morgan fingerprint density at radius 2 is 1.96 bits per heavy atom. The molecule has 0 radical (unpaired) electrons. The molecule has 0 aliphatic rings. The van der Waals surface area contributed by atoms with Crippen molar-refractivity contribution < 1.29 is 14.1 Å². The van der Waals surface area contributed by atoms with Crippen LogP contribution in [0.15, 0.2) is 70.2 Å². The van der Waals surface area contributed by atoms with Gasteiger partial charge >= 0.3 is 0 Å². The van der Waals surface area contributed by atoms with Crippen LogP contribution in [0.5, 0.6) is 0 Å². The summed E-state index contributed by atoms with van der Waals surface area (Å²) in [5, 5.41) is 15.0. The lowest BCUT2D eigenvalue weighted by Crippen LogP contribution is -2.17. The molecule has 8 heteroatoms. The second-order valence-electron chi connectivity index (χ2n) is 5.19. The van der Waals surface area contributed by atoms with E-state index in [9.17, 15) is 14.9 Å². The SMILES string of the molecule is O=C(NN=Cc1ccc(-c2ccccc2[N+](=O)[O-])o1)c1cccc(I)c1. The fourth-order valence-electron chi connectivity index (χ4n) is 2.26. The Balaban J connectivity index is 1.72. The number of halogens is 1. The maximum absolute atomic E-state index is 12.0. The summed E-state index contributed by atoms with van der Waals surface area (Å²) in [6.45, 7) is 0. The van der Waals surface area contributed by atoms with Crippen molar-refractivity contribution in [3.05, 3.63) is 85.7 Å². The number of para-hydroxylation sites is 1. The topological polar surface area (TPSA) is 97.7 Å². The van der Waals surface area contributed by atoms with Crippen LogP contribution in [0, 0.1) is 13.7 Å². The van der Waals surface area contributed by atoms with Crippen LogP contribution in [0.4, 0.5) is 5.69 Å². The van der Waals surface area contributed by atoms with E-state index in [-0.39, 0.29) is 11.6 Å². The van der Waals surface area contributed by atoms with Crippen LogP contribution in [-0.2, 0) is 0 Å². The number of nitrogens with one attached hydrogen (secondary N) is 1. The molecule has 130 valence electrons. The normalized spacial score (nSPS) is 10.8. The molecule has 0 unspecified atom stereocenters. The molecule has 0 saturated carbocycles. The first-order chi connectivity index (χ1) is 12.5. The van der Waals surface area contributed by atoms with Gasteiger partial charge in [0.05, 0.1) is 16.7 Å². The van der Waals surface area contributed by atoms with Gasteiger partial charge in [-0.3, -0.25) is 14.9 Å². The Morgan fingerprint density at radius 3 is 2.73 bits per heavy atom. The summed E-state index contributed by atoms with van der Waals surface area (Å²) in [5.41, 5.74) is 3.24. The zero-order valence-corrected chi connectivity index (χ0v) is 15.4. The molecule has 0 bridgehead atoms. The van der Waals surface area contributed by atoms with E-state index in [2.05, 4.69) is 33.1 Å². The van der Waals surface area contributed by atoms with Gasteiger partial charge in [-0.25, -0.2) is 5.43 Å². The Kier molecular flexibility index (Phi) is 5.42. The second-order valence-corrected chi connectivity index (χ2v) is 6.43. The van der Waals surface area contributed by atoms with Crippen LogP contribution < -0.4 is 5.43 Å². The smallest absolute Gasteiger partial charge is 0.280 e. The van der Waals surface area contributed by atoms with Crippen molar-refractivity contribution in [1.29, 1.82) is 0 Å². The van der Waals surface area contributed by atoms with Gasteiger partial charge in [0.15, 0.2) is 0 Å². The largest absolute Gasteiger partial charge is 0.455 e. The molecule has 3 aromatic rings. The lowest BCUT2D eigenvalue weighted by Gasteiger charge is -2.00. The predicted molar refractivity (Wildman–Crippen MR) is 105 cm³/mol. The van der Waals surface area contributed by atoms with Gasteiger partial charge in [-0.2, -0.15) is 5.10 Å². The summed E-state index contributed by atoms with van der Waals surface area (Å²) < 4.78 is 6.50. The van der Waals surface area contributed by atoms with E-state index in [0.29, 0.717) is 22.6 Å². The van der Waals surface area contributed by atoms with Gasteiger partial charge in [0, 0.05) is 15.2 Å². The summed E-state index contributed by atoms with van der Waals surface area (Å²) >= 11 is 2.12. The third-order valence-electron chi connectivity index (χ3n) is 3.44. The molecule has 1 aromatic heterocycles. The Labute approximate surface area is 162 Å². The van der Waals surface area contributed by atoms with Gasteiger partial charge in [0.25, 0.3) is 11.6 Å². The Morgan fingerprint density at radius 1 is 1.15 bits per heavy atom. The number of rotatable bonds is 5. The molecule has 1 N–H and O–H groups in total. The van der Waals surface area contributed by atoms with Crippen molar-refractivity contribution in [2.75, 3.05) is 0 Å². The molecule has 0 spiro atoms. The molecule has 26 heavy (non-hydrogen) atoms. The first kappa shape index (κ1) is 17.8. The van der Waals surface area contributed by atoms with E-state index in [1.165, 1.54) is 12.3 Å². The molecule has 0 saturated heterocycles. The molecular formula is C18H12IN3O4. The molecule has 0 aliphatic heterocycles. The van der Waals surface area contributed by atoms with Crippen molar-refractivity contribution in [2.45, 2.75) is 0 Å². The Hall–Kier alpha value is -3.01. The summed E-state index contributed by atoms with van der Waals surface area (Å²) in [6.07, 6.45) is 1.34. The molecule has 1 amide bonds. The minimum absolute atomic E-state index is 0.0441. The summed E-state index contributed by atoms with van der Waals surface area (Å²) in [7, 11) is 0. The average molecular weight is 461 g/mol.